The number of piperazine rings is 1. The lowest BCUT2D eigenvalue weighted by atomic mass is 10.1. The summed E-state index contributed by atoms with van der Waals surface area (Å²) >= 11 is 6.45. The first-order valence-corrected chi connectivity index (χ1v) is 11.2. The van der Waals surface area contributed by atoms with Crippen molar-refractivity contribution in [3.63, 3.8) is 0 Å². The van der Waals surface area contributed by atoms with Gasteiger partial charge in [-0.1, -0.05) is 23.7 Å². The lowest BCUT2D eigenvalue weighted by Crippen LogP contribution is -2.48. The molecule has 9 heteroatoms. The van der Waals surface area contributed by atoms with E-state index in [-0.39, 0.29) is 5.91 Å². The van der Waals surface area contributed by atoms with Gasteiger partial charge < -0.3 is 15.1 Å². The topological polar surface area (TPSA) is 78.7 Å². The van der Waals surface area contributed by atoms with Crippen molar-refractivity contribution in [3.8, 4) is 11.4 Å². The molecule has 0 spiro atoms. The number of pyridine rings is 1. The van der Waals surface area contributed by atoms with Crippen LogP contribution < -0.4 is 10.2 Å². The highest BCUT2D eigenvalue weighted by molar-refractivity contribution is 6.32. The number of halogens is 1. The van der Waals surface area contributed by atoms with Crippen molar-refractivity contribution < 1.29 is 4.79 Å². The molecular formula is C24H24ClN7O. The highest BCUT2D eigenvalue weighted by atomic mass is 35.5. The first-order valence-electron chi connectivity index (χ1n) is 10.8. The number of carbonyl (C=O) groups excluding carboxylic acids is 1. The number of hydrogen-bond donors (Lipinski definition) is 1. The predicted octanol–water partition coefficient (Wildman–Crippen LogP) is 4.17. The maximum atomic E-state index is 11.6. The van der Waals surface area contributed by atoms with Crippen LogP contribution in [0.1, 0.15) is 12.5 Å². The third-order valence-corrected chi connectivity index (χ3v) is 6.30. The second kappa shape index (κ2) is 8.71. The van der Waals surface area contributed by atoms with Gasteiger partial charge in [0.15, 0.2) is 0 Å². The van der Waals surface area contributed by atoms with Gasteiger partial charge in [0.25, 0.3) is 0 Å². The van der Waals surface area contributed by atoms with Crippen LogP contribution >= 0.6 is 11.6 Å². The lowest BCUT2D eigenvalue weighted by Gasteiger charge is -2.36. The van der Waals surface area contributed by atoms with Crippen molar-refractivity contribution in [3.05, 3.63) is 65.6 Å². The first kappa shape index (κ1) is 21.2. The molecule has 0 saturated carbocycles. The van der Waals surface area contributed by atoms with Gasteiger partial charge in [0.05, 0.1) is 23.1 Å². The van der Waals surface area contributed by atoms with Gasteiger partial charge in [-0.2, -0.15) is 0 Å². The van der Waals surface area contributed by atoms with Gasteiger partial charge in [-0.25, -0.2) is 15.0 Å². The van der Waals surface area contributed by atoms with Crippen molar-refractivity contribution in [1.82, 2.24) is 24.3 Å². The Kier molecular flexibility index (Phi) is 5.60. The van der Waals surface area contributed by atoms with Gasteiger partial charge in [0.2, 0.25) is 11.9 Å². The Morgan fingerprint density at radius 3 is 2.64 bits per heavy atom. The fourth-order valence-corrected chi connectivity index (χ4v) is 4.39. The quantitative estimate of drug-likeness (QED) is 0.491. The van der Waals surface area contributed by atoms with E-state index in [1.807, 2.05) is 45.8 Å². The Bertz CT molecular complexity index is 1330. The average Bonchev–Trinajstić information content (AvgIpc) is 3.26. The van der Waals surface area contributed by atoms with Gasteiger partial charge in [-0.3, -0.25) is 9.20 Å². The molecule has 1 fully saturated rings. The zero-order valence-electron chi connectivity index (χ0n) is 18.5. The molecule has 1 aliphatic rings. The van der Waals surface area contributed by atoms with Gasteiger partial charge >= 0.3 is 0 Å². The van der Waals surface area contributed by atoms with E-state index in [0.717, 1.165) is 54.5 Å². The highest BCUT2D eigenvalue weighted by Gasteiger charge is 2.21. The zero-order chi connectivity index (χ0) is 22.9. The number of anilines is 3. The minimum absolute atomic E-state index is 0.128. The number of aromatic nitrogens is 4. The minimum Gasteiger partial charge on any atom is -0.368 e. The Labute approximate surface area is 196 Å². The summed E-state index contributed by atoms with van der Waals surface area (Å²) in [6, 6.07) is 12.0. The van der Waals surface area contributed by atoms with Gasteiger partial charge in [0, 0.05) is 50.7 Å². The third-order valence-electron chi connectivity index (χ3n) is 6.02. The fourth-order valence-electron chi connectivity index (χ4n) is 4.20. The van der Waals surface area contributed by atoms with Crippen LogP contribution in [0.5, 0.6) is 0 Å². The number of fused-ring (bicyclic) bond motifs is 1. The van der Waals surface area contributed by atoms with Crippen molar-refractivity contribution in [2.24, 2.45) is 0 Å². The summed E-state index contributed by atoms with van der Waals surface area (Å²) in [6.07, 6.45) is 5.30. The molecule has 5 rings (SSSR count). The van der Waals surface area contributed by atoms with Crippen LogP contribution in [0.3, 0.4) is 0 Å². The smallest absolute Gasteiger partial charge is 0.227 e. The largest absolute Gasteiger partial charge is 0.368 e. The molecular weight excluding hydrogens is 438 g/mol. The van der Waals surface area contributed by atoms with E-state index in [0.29, 0.717) is 16.7 Å². The molecule has 0 atom stereocenters. The number of carbonyl (C=O) groups is 1. The molecule has 0 radical (unpaired) electrons. The van der Waals surface area contributed by atoms with Gasteiger partial charge in [-0.05, 0) is 36.8 Å². The third kappa shape index (κ3) is 4.09. The summed E-state index contributed by atoms with van der Waals surface area (Å²) in [6.45, 7) is 6.78. The lowest BCUT2D eigenvalue weighted by molar-refractivity contribution is -0.129. The second-order valence-corrected chi connectivity index (χ2v) is 8.44. The van der Waals surface area contributed by atoms with E-state index in [9.17, 15) is 4.79 Å². The molecule has 0 aliphatic carbocycles. The Hall–Kier alpha value is -3.65. The van der Waals surface area contributed by atoms with Crippen molar-refractivity contribution in [2.75, 3.05) is 36.4 Å². The maximum Gasteiger partial charge on any atom is 0.227 e. The van der Waals surface area contributed by atoms with Crippen LogP contribution in [0.25, 0.3) is 17.0 Å². The number of nitrogens with zero attached hydrogens (tertiary/aromatic N) is 6. The monoisotopic (exact) mass is 461 g/mol. The Balaban J connectivity index is 1.42. The molecule has 0 unspecified atom stereocenters. The number of rotatable bonds is 4. The first-order chi connectivity index (χ1) is 16.0. The van der Waals surface area contributed by atoms with Gasteiger partial charge in [-0.15, -0.1) is 0 Å². The zero-order valence-corrected chi connectivity index (χ0v) is 19.3. The van der Waals surface area contributed by atoms with E-state index < -0.39 is 0 Å². The molecule has 4 heterocycles. The molecule has 1 aromatic carbocycles. The van der Waals surface area contributed by atoms with Crippen LogP contribution in [0.2, 0.25) is 5.02 Å². The minimum atomic E-state index is 0.128. The summed E-state index contributed by atoms with van der Waals surface area (Å²) in [5, 5.41) is 3.81. The van der Waals surface area contributed by atoms with E-state index >= 15 is 0 Å². The standard InChI is InChI=1S/C24H24ClN7O/c1-16-19(6-5-7-20(16)31-12-10-30(11-13-31)17(2)33)28-24-27-14-18(25)23(29-24)21-15-26-22-8-3-4-9-32(21)22/h3-9,14-15H,10-13H2,1-2H3,(H,27,28,29). The fraction of sp³-hybridized carbons (Fsp3) is 0.250. The number of nitrogens with one attached hydrogen (secondary N) is 1. The number of imidazole rings is 1. The number of hydrogen-bond acceptors (Lipinski definition) is 6. The predicted molar refractivity (Wildman–Crippen MR) is 130 cm³/mol. The van der Waals surface area contributed by atoms with Crippen molar-refractivity contribution in [2.45, 2.75) is 13.8 Å². The van der Waals surface area contributed by atoms with Crippen LogP contribution in [-0.4, -0.2) is 56.3 Å². The summed E-state index contributed by atoms with van der Waals surface area (Å²) in [4.78, 5) is 29.4. The molecule has 33 heavy (non-hydrogen) atoms. The summed E-state index contributed by atoms with van der Waals surface area (Å²) < 4.78 is 1.95. The second-order valence-electron chi connectivity index (χ2n) is 8.03. The summed E-state index contributed by atoms with van der Waals surface area (Å²) in [5.41, 5.74) is 5.40. The number of amides is 1. The average molecular weight is 462 g/mol. The molecule has 4 aromatic rings. The summed E-state index contributed by atoms with van der Waals surface area (Å²) in [5.74, 6) is 0.588. The maximum absolute atomic E-state index is 11.6. The summed E-state index contributed by atoms with van der Waals surface area (Å²) in [7, 11) is 0. The molecule has 1 saturated heterocycles. The molecule has 1 aliphatic heterocycles. The Morgan fingerprint density at radius 2 is 1.85 bits per heavy atom. The highest BCUT2D eigenvalue weighted by Crippen LogP contribution is 2.31. The Morgan fingerprint density at radius 1 is 1.03 bits per heavy atom. The van der Waals surface area contributed by atoms with Crippen LogP contribution in [-0.2, 0) is 4.79 Å². The van der Waals surface area contributed by atoms with E-state index in [4.69, 9.17) is 16.6 Å². The molecule has 0 bridgehead atoms. The molecule has 168 valence electrons. The van der Waals surface area contributed by atoms with E-state index in [1.165, 1.54) is 0 Å². The van der Waals surface area contributed by atoms with Crippen LogP contribution in [0, 0.1) is 6.92 Å². The molecule has 3 aromatic heterocycles. The van der Waals surface area contributed by atoms with Crippen molar-refractivity contribution >= 4 is 40.5 Å². The SMILES string of the molecule is CC(=O)N1CCN(c2cccc(Nc3ncc(Cl)c(-c4cnc5ccccn45)n3)c2C)CC1. The molecule has 1 amide bonds. The normalized spacial score (nSPS) is 14.0. The molecule has 1 N–H and O–H groups in total. The van der Waals surface area contributed by atoms with Gasteiger partial charge in [0.1, 0.15) is 11.3 Å². The van der Waals surface area contributed by atoms with Crippen molar-refractivity contribution in [1.29, 1.82) is 0 Å². The van der Waals surface area contributed by atoms with E-state index in [1.54, 1.807) is 19.3 Å². The van der Waals surface area contributed by atoms with Crippen LogP contribution in [0.4, 0.5) is 17.3 Å². The van der Waals surface area contributed by atoms with E-state index in [2.05, 4.69) is 33.2 Å². The molecule has 8 nitrogen and oxygen atoms in total. The number of benzene rings is 1. The van der Waals surface area contributed by atoms with Crippen LogP contribution in [0.15, 0.2) is 55.0 Å².